The number of nitrogens with zero attached hydrogens (tertiary/aromatic N) is 2. The molecule has 2 aromatic rings. The average Bonchev–Trinajstić information content (AvgIpc) is 2.64. The van der Waals surface area contributed by atoms with Crippen molar-refractivity contribution < 1.29 is 14.9 Å². The fraction of sp³-hybridized carbons (Fsp3) is 0.235. The summed E-state index contributed by atoms with van der Waals surface area (Å²) >= 11 is 5.23. The fourth-order valence-corrected chi connectivity index (χ4v) is 2.53. The van der Waals surface area contributed by atoms with E-state index in [1.807, 2.05) is 6.07 Å². The second kappa shape index (κ2) is 8.81. The summed E-state index contributed by atoms with van der Waals surface area (Å²) in [7, 11) is 0. The van der Waals surface area contributed by atoms with Gasteiger partial charge in [-0.15, -0.1) is 0 Å². The summed E-state index contributed by atoms with van der Waals surface area (Å²) in [5.74, 6) is 0.934. The molecule has 0 fully saturated rings. The lowest BCUT2D eigenvalue weighted by atomic mass is 10.00. The summed E-state index contributed by atoms with van der Waals surface area (Å²) in [5.41, 5.74) is 1.50. The Morgan fingerprint density at radius 2 is 2.00 bits per heavy atom. The van der Waals surface area contributed by atoms with Crippen LogP contribution in [0.5, 0.6) is 5.75 Å². The molecule has 1 aromatic carbocycles. The zero-order valence-corrected chi connectivity index (χ0v) is 14.1. The summed E-state index contributed by atoms with van der Waals surface area (Å²) in [6.07, 6.45) is 0. The van der Waals surface area contributed by atoms with Gasteiger partial charge in [0.1, 0.15) is 28.9 Å². The topological polar surface area (TPSA) is 106 Å². The number of ether oxygens (including phenoxy) is 1. The van der Waals surface area contributed by atoms with Gasteiger partial charge < -0.3 is 25.3 Å². The molecule has 1 heterocycles. The summed E-state index contributed by atoms with van der Waals surface area (Å²) in [4.78, 5) is 6.37. The number of hydrogen-bond acceptors (Lipinski definition) is 6. The van der Waals surface area contributed by atoms with Gasteiger partial charge in [-0.1, -0.05) is 24.4 Å². The van der Waals surface area contributed by atoms with Crippen molar-refractivity contribution in [1.29, 1.82) is 5.26 Å². The van der Waals surface area contributed by atoms with Crippen LogP contribution in [0.1, 0.15) is 5.56 Å². The van der Waals surface area contributed by atoms with E-state index < -0.39 is 0 Å². The van der Waals surface area contributed by atoms with E-state index in [0.717, 1.165) is 0 Å². The van der Waals surface area contributed by atoms with Crippen LogP contribution < -0.4 is 10.1 Å². The van der Waals surface area contributed by atoms with Gasteiger partial charge in [-0.3, -0.25) is 0 Å². The van der Waals surface area contributed by atoms with Crippen molar-refractivity contribution in [3.63, 3.8) is 0 Å². The van der Waals surface area contributed by atoms with Crippen LogP contribution in [0.15, 0.2) is 24.3 Å². The van der Waals surface area contributed by atoms with Crippen LogP contribution >= 0.6 is 12.2 Å². The number of aliphatic hydroxyl groups is 2. The van der Waals surface area contributed by atoms with E-state index in [9.17, 15) is 5.26 Å². The Balaban J connectivity index is 2.58. The van der Waals surface area contributed by atoms with Crippen LogP contribution in [0.4, 0.5) is 11.5 Å². The Morgan fingerprint density at radius 1 is 1.28 bits per heavy atom. The Bertz CT molecular complexity index is 879. The molecule has 7 nitrogen and oxygen atoms in total. The molecule has 8 heteroatoms. The van der Waals surface area contributed by atoms with E-state index >= 15 is 0 Å². The van der Waals surface area contributed by atoms with Crippen LogP contribution in [0.3, 0.4) is 0 Å². The Labute approximate surface area is 150 Å². The zero-order chi connectivity index (χ0) is 18.2. The van der Waals surface area contributed by atoms with Gasteiger partial charge >= 0.3 is 0 Å². The lowest BCUT2D eigenvalue weighted by Gasteiger charge is -2.14. The number of nitrogens with one attached hydrogen (secondary N) is 2. The number of aromatic amines is 1. The summed E-state index contributed by atoms with van der Waals surface area (Å²) in [6.45, 7) is 7.72. The van der Waals surface area contributed by atoms with Gasteiger partial charge in [0.2, 0.25) is 5.69 Å². The molecule has 128 valence electrons. The first-order chi connectivity index (χ1) is 12.2. The number of nitriles is 1. The van der Waals surface area contributed by atoms with Crippen molar-refractivity contribution in [3.8, 4) is 22.9 Å². The van der Waals surface area contributed by atoms with E-state index in [-0.39, 0.29) is 42.3 Å². The third kappa shape index (κ3) is 4.14. The highest BCUT2D eigenvalue weighted by Gasteiger charge is 2.18. The second-order valence-electron chi connectivity index (χ2n) is 4.90. The highest BCUT2D eigenvalue weighted by molar-refractivity contribution is 7.71. The maximum atomic E-state index is 9.47. The Morgan fingerprint density at radius 3 is 2.56 bits per heavy atom. The fourth-order valence-electron chi connectivity index (χ4n) is 2.28. The zero-order valence-electron chi connectivity index (χ0n) is 13.2. The maximum Gasteiger partial charge on any atom is 0.235 e. The van der Waals surface area contributed by atoms with Gasteiger partial charge in [0.05, 0.1) is 25.3 Å². The van der Waals surface area contributed by atoms with E-state index in [0.29, 0.717) is 22.7 Å². The van der Waals surface area contributed by atoms with Gasteiger partial charge in [-0.25, -0.2) is 4.85 Å². The van der Waals surface area contributed by atoms with Crippen molar-refractivity contribution in [2.75, 3.05) is 31.7 Å². The van der Waals surface area contributed by atoms with E-state index in [4.69, 9.17) is 33.7 Å². The standard InChI is InChI=1S/C17H16N4O3S/c1-19-15-14(11-2-4-12(5-3-11)24-9-8-23)13(10-18)17(25)21-16(15)20-6-7-22/h2-5,22-23H,6-9H2,(H2,20,21,25). The number of benzene rings is 1. The molecule has 25 heavy (non-hydrogen) atoms. The maximum absolute atomic E-state index is 9.47. The molecule has 0 atom stereocenters. The van der Waals surface area contributed by atoms with E-state index in [1.165, 1.54) is 0 Å². The number of aromatic nitrogens is 1. The number of rotatable bonds is 7. The summed E-state index contributed by atoms with van der Waals surface area (Å²) in [5, 5.41) is 30.2. The third-order valence-corrected chi connectivity index (χ3v) is 3.64. The van der Waals surface area contributed by atoms with E-state index in [1.54, 1.807) is 24.3 Å². The predicted octanol–water partition coefficient (Wildman–Crippen LogP) is 2.61. The molecule has 4 N–H and O–H groups in total. The number of hydrogen-bond donors (Lipinski definition) is 4. The molecule has 0 aliphatic rings. The highest BCUT2D eigenvalue weighted by atomic mass is 32.1. The monoisotopic (exact) mass is 356 g/mol. The minimum absolute atomic E-state index is 0.0874. The van der Waals surface area contributed by atoms with Gasteiger partial charge in [0, 0.05) is 12.1 Å². The molecule has 0 amide bonds. The molecule has 0 saturated heterocycles. The number of anilines is 1. The molecule has 0 saturated carbocycles. The van der Waals surface area contributed by atoms with Crippen molar-refractivity contribution in [3.05, 3.63) is 45.9 Å². The first-order valence-electron chi connectivity index (χ1n) is 7.43. The first-order valence-corrected chi connectivity index (χ1v) is 7.83. The molecule has 2 rings (SSSR count). The number of aliphatic hydroxyl groups excluding tert-OH is 2. The van der Waals surface area contributed by atoms with Gasteiger partial charge in [-0.05, 0) is 17.7 Å². The highest BCUT2D eigenvalue weighted by Crippen LogP contribution is 2.39. The van der Waals surface area contributed by atoms with E-state index in [2.05, 4.69) is 15.1 Å². The molecule has 0 aliphatic carbocycles. The molecular formula is C17H16N4O3S. The van der Waals surface area contributed by atoms with Crippen LogP contribution in [-0.2, 0) is 0 Å². The van der Waals surface area contributed by atoms with Crippen molar-refractivity contribution in [1.82, 2.24) is 4.98 Å². The lowest BCUT2D eigenvalue weighted by molar-refractivity contribution is 0.201. The molecule has 0 bridgehead atoms. The minimum Gasteiger partial charge on any atom is -0.491 e. The number of pyridine rings is 1. The Kier molecular flexibility index (Phi) is 6.49. The van der Waals surface area contributed by atoms with Crippen molar-refractivity contribution >= 4 is 23.7 Å². The smallest absolute Gasteiger partial charge is 0.235 e. The van der Waals surface area contributed by atoms with Crippen LogP contribution in [0.2, 0.25) is 0 Å². The van der Waals surface area contributed by atoms with Gasteiger partial charge in [-0.2, -0.15) is 5.26 Å². The molecule has 0 spiro atoms. The molecule has 1 aromatic heterocycles. The summed E-state index contributed by atoms with van der Waals surface area (Å²) < 4.78 is 5.53. The Hall–Kier alpha value is -2.91. The van der Waals surface area contributed by atoms with Crippen LogP contribution in [0.25, 0.3) is 16.0 Å². The SMILES string of the molecule is [C-]#[N+]c1c(NCCO)[nH]c(=S)c(C#N)c1-c1ccc(OCCO)cc1. The lowest BCUT2D eigenvalue weighted by Crippen LogP contribution is -2.08. The third-order valence-electron chi connectivity index (χ3n) is 3.33. The predicted molar refractivity (Wildman–Crippen MR) is 96.2 cm³/mol. The average molecular weight is 356 g/mol. The quantitative estimate of drug-likeness (QED) is 0.449. The van der Waals surface area contributed by atoms with Gasteiger partial charge in [0.15, 0.2) is 0 Å². The first kappa shape index (κ1) is 18.4. The summed E-state index contributed by atoms with van der Waals surface area (Å²) in [6, 6.07) is 8.89. The van der Waals surface area contributed by atoms with Crippen molar-refractivity contribution in [2.24, 2.45) is 0 Å². The normalized spacial score (nSPS) is 9.92. The molecular weight excluding hydrogens is 340 g/mol. The molecule has 0 aliphatic heterocycles. The molecule has 0 unspecified atom stereocenters. The molecule has 0 radical (unpaired) electrons. The van der Waals surface area contributed by atoms with Crippen LogP contribution in [-0.4, -0.2) is 41.6 Å². The largest absolute Gasteiger partial charge is 0.491 e. The van der Waals surface area contributed by atoms with Crippen molar-refractivity contribution in [2.45, 2.75) is 0 Å². The van der Waals surface area contributed by atoms with Crippen LogP contribution in [0, 0.1) is 22.5 Å². The number of H-pyrrole nitrogens is 1. The second-order valence-corrected chi connectivity index (χ2v) is 5.31. The van der Waals surface area contributed by atoms with Gasteiger partial charge in [0.25, 0.3) is 0 Å². The minimum atomic E-state index is -0.107.